The van der Waals surface area contributed by atoms with E-state index in [0.29, 0.717) is 6.42 Å². The third-order valence-corrected chi connectivity index (χ3v) is 4.09. The fourth-order valence-electron chi connectivity index (χ4n) is 2.13. The second kappa shape index (κ2) is 8.14. The van der Waals surface area contributed by atoms with E-state index in [4.69, 9.17) is 0 Å². The van der Waals surface area contributed by atoms with Crippen molar-refractivity contribution in [2.75, 3.05) is 6.54 Å². The Morgan fingerprint density at radius 3 is 2.71 bits per heavy atom. The van der Waals surface area contributed by atoms with Gasteiger partial charge in [-0.2, -0.15) is 0 Å². The van der Waals surface area contributed by atoms with Crippen molar-refractivity contribution in [2.45, 2.75) is 51.7 Å². The highest BCUT2D eigenvalue weighted by atomic mass is 32.1. The molecule has 0 aliphatic rings. The summed E-state index contributed by atoms with van der Waals surface area (Å²) in [7, 11) is 0. The van der Waals surface area contributed by atoms with Crippen LogP contribution in [0.3, 0.4) is 0 Å². The Morgan fingerprint density at radius 2 is 2.19 bits per heavy atom. The number of thiophene rings is 1. The molecule has 0 aromatic carbocycles. The summed E-state index contributed by atoms with van der Waals surface area (Å²) in [5.41, 5.74) is -0.892. The van der Waals surface area contributed by atoms with Gasteiger partial charge in [0.1, 0.15) is 0 Å². The SMILES string of the molecule is CCCC(C)(O)CNC(=O)CC(NC(C)=O)c1cccs1. The van der Waals surface area contributed by atoms with Crippen molar-refractivity contribution >= 4 is 23.2 Å². The molecule has 3 N–H and O–H groups in total. The summed E-state index contributed by atoms with van der Waals surface area (Å²) in [5.74, 6) is -0.349. The first-order valence-corrected chi connectivity index (χ1v) is 8.01. The lowest BCUT2D eigenvalue weighted by molar-refractivity contribution is -0.123. The van der Waals surface area contributed by atoms with Crippen molar-refractivity contribution in [3.8, 4) is 0 Å². The van der Waals surface area contributed by atoms with Gasteiger partial charge in [-0.3, -0.25) is 9.59 Å². The zero-order valence-corrected chi connectivity index (χ0v) is 13.6. The maximum atomic E-state index is 12.0. The Kier molecular flexibility index (Phi) is 6.84. The number of carbonyl (C=O) groups is 2. The molecule has 5 nitrogen and oxygen atoms in total. The molecule has 0 saturated heterocycles. The minimum absolute atomic E-state index is 0.167. The monoisotopic (exact) mass is 312 g/mol. The fourth-order valence-corrected chi connectivity index (χ4v) is 2.91. The summed E-state index contributed by atoms with van der Waals surface area (Å²) in [6.07, 6.45) is 1.65. The molecule has 0 radical (unpaired) electrons. The minimum Gasteiger partial charge on any atom is -0.388 e. The van der Waals surface area contributed by atoms with Gasteiger partial charge >= 0.3 is 0 Å². The zero-order valence-electron chi connectivity index (χ0n) is 12.8. The average molecular weight is 312 g/mol. The third kappa shape index (κ3) is 6.73. The van der Waals surface area contributed by atoms with Crippen LogP contribution in [0, 0.1) is 0 Å². The summed E-state index contributed by atoms with van der Waals surface area (Å²) in [6.45, 7) is 5.35. The number of rotatable bonds is 8. The minimum atomic E-state index is -0.892. The van der Waals surface area contributed by atoms with Crippen LogP contribution in [0.2, 0.25) is 0 Å². The van der Waals surface area contributed by atoms with Crippen molar-refractivity contribution < 1.29 is 14.7 Å². The van der Waals surface area contributed by atoms with Crippen molar-refractivity contribution in [2.24, 2.45) is 0 Å². The van der Waals surface area contributed by atoms with E-state index in [-0.39, 0.29) is 30.8 Å². The van der Waals surface area contributed by atoms with Crippen molar-refractivity contribution in [3.63, 3.8) is 0 Å². The molecule has 0 aliphatic heterocycles. The van der Waals surface area contributed by atoms with Gasteiger partial charge in [-0.1, -0.05) is 19.4 Å². The van der Waals surface area contributed by atoms with Gasteiger partial charge in [-0.25, -0.2) is 0 Å². The molecule has 0 saturated carbocycles. The number of aliphatic hydroxyl groups is 1. The van der Waals surface area contributed by atoms with Gasteiger partial charge in [-0.15, -0.1) is 11.3 Å². The van der Waals surface area contributed by atoms with Crippen LogP contribution in [0.4, 0.5) is 0 Å². The zero-order chi connectivity index (χ0) is 15.9. The largest absolute Gasteiger partial charge is 0.388 e. The van der Waals surface area contributed by atoms with Crippen LogP contribution in [0.25, 0.3) is 0 Å². The first-order valence-electron chi connectivity index (χ1n) is 7.13. The van der Waals surface area contributed by atoms with Gasteiger partial charge < -0.3 is 15.7 Å². The number of carbonyl (C=O) groups excluding carboxylic acids is 2. The van der Waals surface area contributed by atoms with E-state index in [1.165, 1.54) is 18.3 Å². The van der Waals surface area contributed by atoms with Crippen LogP contribution < -0.4 is 10.6 Å². The first kappa shape index (κ1) is 17.7. The topological polar surface area (TPSA) is 78.4 Å². The Hall–Kier alpha value is -1.40. The number of hydrogen-bond acceptors (Lipinski definition) is 4. The molecule has 1 aromatic rings. The molecule has 21 heavy (non-hydrogen) atoms. The van der Waals surface area contributed by atoms with Gasteiger partial charge in [0.25, 0.3) is 0 Å². The van der Waals surface area contributed by atoms with Crippen molar-refractivity contribution in [1.29, 1.82) is 0 Å². The second-order valence-electron chi connectivity index (χ2n) is 5.50. The van der Waals surface area contributed by atoms with Crippen LogP contribution in [-0.2, 0) is 9.59 Å². The molecule has 0 aliphatic carbocycles. The summed E-state index contributed by atoms with van der Waals surface area (Å²) in [4.78, 5) is 24.2. The third-order valence-electron chi connectivity index (χ3n) is 3.11. The molecule has 2 unspecified atom stereocenters. The summed E-state index contributed by atoms with van der Waals surface area (Å²) < 4.78 is 0. The van der Waals surface area contributed by atoms with Crippen molar-refractivity contribution in [1.82, 2.24) is 10.6 Å². The molecule has 1 heterocycles. The highest BCUT2D eigenvalue weighted by Gasteiger charge is 2.22. The predicted molar refractivity (Wildman–Crippen MR) is 84.0 cm³/mol. The molecule has 2 atom stereocenters. The Morgan fingerprint density at radius 1 is 1.48 bits per heavy atom. The van der Waals surface area contributed by atoms with E-state index in [1.54, 1.807) is 6.92 Å². The van der Waals surface area contributed by atoms with E-state index in [1.807, 2.05) is 24.4 Å². The van der Waals surface area contributed by atoms with E-state index in [0.717, 1.165) is 11.3 Å². The number of nitrogens with one attached hydrogen (secondary N) is 2. The molecular weight excluding hydrogens is 288 g/mol. The summed E-state index contributed by atoms with van der Waals surface area (Å²) in [6, 6.07) is 3.46. The van der Waals surface area contributed by atoms with Crippen LogP contribution >= 0.6 is 11.3 Å². The number of amides is 2. The van der Waals surface area contributed by atoms with Crippen molar-refractivity contribution in [3.05, 3.63) is 22.4 Å². The van der Waals surface area contributed by atoms with Gasteiger partial charge in [0.2, 0.25) is 11.8 Å². The maximum Gasteiger partial charge on any atom is 0.222 e. The fraction of sp³-hybridized carbons (Fsp3) is 0.600. The molecule has 0 bridgehead atoms. The molecular formula is C15H24N2O3S. The van der Waals surface area contributed by atoms with E-state index in [9.17, 15) is 14.7 Å². The Balaban J connectivity index is 2.55. The van der Waals surface area contributed by atoms with E-state index in [2.05, 4.69) is 10.6 Å². The van der Waals surface area contributed by atoms with E-state index < -0.39 is 5.60 Å². The average Bonchev–Trinajstić information content (AvgIpc) is 2.89. The molecule has 0 fully saturated rings. The van der Waals surface area contributed by atoms with Crippen LogP contribution in [0.1, 0.15) is 51.0 Å². The van der Waals surface area contributed by atoms with Crippen LogP contribution in [0.5, 0.6) is 0 Å². The standard InChI is InChI=1S/C15H24N2O3S/c1-4-7-15(3,20)10-16-14(19)9-12(17-11(2)18)13-6-5-8-21-13/h5-6,8,12,20H,4,7,9-10H2,1-3H3,(H,16,19)(H,17,18). The maximum absolute atomic E-state index is 12.0. The molecule has 2 amide bonds. The van der Waals surface area contributed by atoms with E-state index >= 15 is 0 Å². The van der Waals surface area contributed by atoms with Gasteiger partial charge in [0, 0.05) is 18.3 Å². The lowest BCUT2D eigenvalue weighted by Gasteiger charge is -2.24. The van der Waals surface area contributed by atoms with Gasteiger partial charge in [0.15, 0.2) is 0 Å². The highest BCUT2D eigenvalue weighted by molar-refractivity contribution is 7.10. The second-order valence-corrected chi connectivity index (χ2v) is 6.48. The number of hydrogen-bond donors (Lipinski definition) is 3. The van der Waals surface area contributed by atoms with Crippen LogP contribution in [0.15, 0.2) is 17.5 Å². The highest BCUT2D eigenvalue weighted by Crippen LogP contribution is 2.22. The summed E-state index contributed by atoms with van der Waals surface area (Å²) in [5, 5.41) is 17.5. The molecule has 6 heteroatoms. The molecule has 1 aromatic heterocycles. The van der Waals surface area contributed by atoms with Crippen LogP contribution in [-0.4, -0.2) is 29.1 Å². The smallest absolute Gasteiger partial charge is 0.222 e. The first-order chi connectivity index (χ1) is 9.84. The lowest BCUT2D eigenvalue weighted by Crippen LogP contribution is -2.41. The van der Waals surface area contributed by atoms with Gasteiger partial charge in [-0.05, 0) is 24.8 Å². The predicted octanol–water partition coefficient (Wildman–Crippen LogP) is 1.98. The Labute approximate surface area is 129 Å². The normalized spacial score (nSPS) is 15.0. The quantitative estimate of drug-likeness (QED) is 0.687. The molecule has 1 rings (SSSR count). The van der Waals surface area contributed by atoms with Gasteiger partial charge in [0.05, 0.1) is 18.1 Å². The molecule has 0 spiro atoms. The lowest BCUT2D eigenvalue weighted by atomic mass is 10.0. The molecule has 118 valence electrons. The Bertz CT molecular complexity index is 457. The summed E-state index contributed by atoms with van der Waals surface area (Å²) >= 11 is 1.50.